The molecule has 5 nitrogen and oxygen atoms in total. The molecule has 2 unspecified atom stereocenters. The van der Waals surface area contributed by atoms with Crippen molar-refractivity contribution in [3.05, 3.63) is 60.1 Å². The number of carbonyl (C=O) groups excluding carboxylic acids is 1. The van der Waals surface area contributed by atoms with E-state index in [-0.39, 0.29) is 18.0 Å². The maximum atomic E-state index is 13.3. The molecule has 0 saturated carbocycles. The molecule has 5 heteroatoms. The van der Waals surface area contributed by atoms with Gasteiger partial charge in [-0.3, -0.25) is 14.6 Å². The fraction of sp³-hybridized carbons (Fsp3) is 0.522. The van der Waals surface area contributed by atoms with E-state index in [2.05, 4.69) is 29.0 Å². The van der Waals surface area contributed by atoms with Crippen LogP contribution in [0.4, 0.5) is 0 Å². The molecule has 1 saturated heterocycles. The van der Waals surface area contributed by atoms with E-state index < -0.39 is 0 Å². The number of nitrogens with zero attached hydrogens (tertiary/aromatic N) is 2. The van der Waals surface area contributed by atoms with E-state index in [1.54, 1.807) is 6.26 Å². The Hall–Kier alpha value is -2.11. The van der Waals surface area contributed by atoms with Crippen LogP contribution in [0.1, 0.15) is 56.5 Å². The van der Waals surface area contributed by atoms with Crippen molar-refractivity contribution in [2.45, 2.75) is 45.2 Å². The van der Waals surface area contributed by atoms with Gasteiger partial charge in [-0.25, -0.2) is 0 Å². The predicted octanol–water partition coefficient (Wildman–Crippen LogP) is 4.01. The van der Waals surface area contributed by atoms with E-state index in [1.165, 1.54) is 19.3 Å². The second kappa shape index (κ2) is 10.4. The molecule has 0 aliphatic carbocycles. The van der Waals surface area contributed by atoms with Crippen LogP contribution in [0.3, 0.4) is 0 Å². The Bertz CT molecular complexity index is 692. The van der Waals surface area contributed by atoms with Gasteiger partial charge in [0.05, 0.1) is 12.3 Å². The van der Waals surface area contributed by atoms with Gasteiger partial charge < -0.3 is 9.73 Å². The topological polar surface area (TPSA) is 48.7 Å². The molecule has 2 heterocycles. The van der Waals surface area contributed by atoms with E-state index in [1.807, 2.05) is 42.5 Å². The Morgan fingerprint density at radius 1 is 1.07 bits per heavy atom. The molecule has 2 atom stereocenters. The first-order chi connectivity index (χ1) is 13.7. The number of benzene rings is 1. The van der Waals surface area contributed by atoms with Crippen molar-refractivity contribution in [3.8, 4) is 0 Å². The second-order valence-electron chi connectivity index (χ2n) is 7.41. The SMILES string of the molecule is CCN(CC)C(C(=O)NCC(c1ccco1)N1CCCCC1)c1ccccc1. The van der Waals surface area contributed by atoms with Crippen LogP contribution >= 0.6 is 0 Å². The van der Waals surface area contributed by atoms with Crippen molar-refractivity contribution in [1.82, 2.24) is 15.1 Å². The van der Waals surface area contributed by atoms with Gasteiger partial charge in [-0.15, -0.1) is 0 Å². The van der Waals surface area contributed by atoms with Gasteiger partial charge in [-0.1, -0.05) is 50.6 Å². The number of rotatable bonds is 9. The lowest BCUT2D eigenvalue weighted by atomic mass is 10.0. The van der Waals surface area contributed by atoms with E-state index >= 15 is 0 Å². The number of piperidine rings is 1. The number of carbonyl (C=O) groups is 1. The number of likely N-dealkylation sites (tertiary alicyclic amines) is 1. The van der Waals surface area contributed by atoms with Crippen LogP contribution in [0.2, 0.25) is 0 Å². The Morgan fingerprint density at radius 3 is 2.39 bits per heavy atom. The minimum absolute atomic E-state index is 0.0588. The maximum Gasteiger partial charge on any atom is 0.242 e. The lowest BCUT2D eigenvalue weighted by Gasteiger charge is -2.34. The monoisotopic (exact) mass is 383 g/mol. The predicted molar refractivity (Wildman–Crippen MR) is 112 cm³/mol. The van der Waals surface area contributed by atoms with Crippen molar-refractivity contribution in [2.24, 2.45) is 0 Å². The largest absolute Gasteiger partial charge is 0.468 e. The molecule has 1 N–H and O–H groups in total. The van der Waals surface area contributed by atoms with E-state index in [0.29, 0.717) is 6.54 Å². The summed E-state index contributed by atoms with van der Waals surface area (Å²) in [5.41, 5.74) is 1.04. The summed E-state index contributed by atoms with van der Waals surface area (Å²) < 4.78 is 5.71. The van der Waals surface area contributed by atoms with Crippen LogP contribution in [0.5, 0.6) is 0 Å². The summed E-state index contributed by atoms with van der Waals surface area (Å²) in [4.78, 5) is 17.9. The summed E-state index contributed by atoms with van der Waals surface area (Å²) in [5, 5.41) is 3.23. The molecule has 0 radical (unpaired) electrons. The third kappa shape index (κ3) is 5.03. The van der Waals surface area contributed by atoms with Gasteiger partial charge in [0, 0.05) is 6.54 Å². The normalized spacial score (nSPS) is 17.4. The van der Waals surface area contributed by atoms with E-state index in [0.717, 1.165) is 37.5 Å². The number of nitrogens with one attached hydrogen (secondary N) is 1. The molecular weight excluding hydrogens is 350 g/mol. The van der Waals surface area contributed by atoms with E-state index in [9.17, 15) is 4.79 Å². The molecule has 0 bridgehead atoms. The molecule has 1 aromatic carbocycles. The summed E-state index contributed by atoms with van der Waals surface area (Å²) in [6, 6.07) is 13.8. The molecule has 0 spiro atoms. The third-order valence-electron chi connectivity index (χ3n) is 5.71. The Kier molecular flexibility index (Phi) is 7.69. The van der Waals surface area contributed by atoms with Gasteiger partial charge in [0.2, 0.25) is 5.91 Å². The summed E-state index contributed by atoms with van der Waals surface area (Å²) >= 11 is 0. The van der Waals surface area contributed by atoms with Gasteiger partial charge >= 0.3 is 0 Å². The zero-order valence-electron chi connectivity index (χ0n) is 17.1. The Labute approximate surface area is 168 Å². The van der Waals surface area contributed by atoms with E-state index in [4.69, 9.17) is 4.42 Å². The Morgan fingerprint density at radius 2 is 1.79 bits per heavy atom. The van der Waals surface area contributed by atoms with Crippen LogP contribution < -0.4 is 5.32 Å². The van der Waals surface area contributed by atoms with Gasteiger partial charge in [0.25, 0.3) is 0 Å². The zero-order valence-corrected chi connectivity index (χ0v) is 17.1. The van der Waals surface area contributed by atoms with Crippen molar-refractivity contribution in [3.63, 3.8) is 0 Å². The molecule has 1 fully saturated rings. The highest BCUT2D eigenvalue weighted by Gasteiger charge is 2.29. The van der Waals surface area contributed by atoms with Crippen molar-refractivity contribution in [2.75, 3.05) is 32.7 Å². The summed E-state index contributed by atoms with van der Waals surface area (Å²) in [6.07, 6.45) is 5.41. The lowest BCUT2D eigenvalue weighted by molar-refractivity contribution is -0.127. The first kappa shape index (κ1) is 20.6. The highest BCUT2D eigenvalue weighted by atomic mass is 16.3. The van der Waals surface area contributed by atoms with Crippen LogP contribution in [0.15, 0.2) is 53.1 Å². The molecule has 152 valence electrons. The standard InChI is InChI=1S/C23H33N3O2/c1-3-25(4-2)22(19-12-7-5-8-13-19)23(27)24-18-20(21-14-11-17-28-21)26-15-9-6-10-16-26/h5,7-8,11-14,17,20,22H,3-4,6,9-10,15-16,18H2,1-2H3,(H,24,27). The van der Waals surface area contributed by atoms with Gasteiger partial charge in [0.15, 0.2) is 0 Å². The quantitative estimate of drug-likeness (QED) is 0.711. The molecule has 28 heavy (non-hydrogen) atoms. The summed E-state index contributed by atoms with van der Waals surface area (Å²) in [6.45, 7) is 8.54. The summed E-state index contributed by atoms with van der Waals surface area (Å²) in [7, 11) is 0. The minimum atomic E-state index is -0.269. The van der Waals surface area contributed by atoms with Crippen LogP contribution in [-0.4, -0.2) is 48.4 Å². The number of furan rings is 1. The smallest absolute Gasteiger partial charge is 0.242 e. The second-order valence-corrected chi connectivity index (χ2v) is 7.41. The lowest BCUT2D eigenvalue weighted by Crippen LogP contribution is -2.45. The molecular formula is C23H33N3O2. The molecule has 2 aromatic rings. The van der Waals surface area contributed by atoms with Crippen molar-refractivity contribution < 1.29 is 9.21 Å². The van der Waals surface area contributed by atoms with Crippen LogP contribution in [0, 0.1) is 0 Å². The van der Waals surface area contributed by atoms with Gasteiger partial charge in [0.1, 0.15) is 11.8 Å². The highest BCUT2D eigenvalue weighted by Crippen LogP contribution is 2.26. The number of amides is 1. The number of hydrogen-bond donors (Lipinski definition) is 1. The van der Waals surface area contributed by atoms with Gasteiger partial charge in [-0.05, 0) is 56.7 Å². The maximum absolute atomic E-state index is 13.3. The molecule has 1 aliphatic heterocycles. The first-order valence-corrected chi connectivity index (χ1v) is 10.6. The average molecular weight is 384 g/mol. The van der Waals surface area contributed by atoms with Crippen LogP contribution in [-0.2, 0) is 4.79 Å². The molecule has 1 aliphatic rings. The molecule has 1 aromatic heterocycles. The first-order valence-electron chi connectivity index (χ1n) is 10.6. The zero-order chi connectivity index (χ0) is 19.8. The minimum Gasteiger partial charge on any atom is -0.468 e. The fourth-order valence-corrected chi connectivity index (χ4v) is 4.17. The highest BCUT2D eigenvalue weighted by molar-refractivity contribution is 5.83. The van der Waals surface area contributed by atoms with Gasteiger partial charge in [-0.2, -0.15) is 0 Å². The van der Waals surface area contributed by atoms with Crippen LogP contribution in [0.25, 0.3) is 0 Å². The molecule has 3 rings (SSSR count). The summed E-state index contributed by atoms with van der Waals surface area (Å²) in [5.74, 6) is 0.991. The molecule has 1 amide bonds. The fourth-order valence-electron chi connectivity index (χ4n) is 4.17. The Balaban J connectivity index is 1.74. The average Bonchev–Trinajstić information content (AvgIpc) is 3.28. The van der Waals surface area contributed by atoms with Crippen molar-refractivity contribution in [1.29, 1.82) is 0 Å². The number of likely N-dealkylation sites (N-methyl/N-ethyl adjacent to an activating group) is 1. The number of hydrogen-bond acceptors (Lipinski definition) is 4. The third-order valence-corrected chi connectivity index (χ3v) is 5.71. The van der Waals surface area contributed by atoms with Crippen molar-refractivity contribution >= 4 is 5.91 Å².